The summed E-state index contributed by atoms with van der Waals surface area (Å²) < 4.78 is 5.28. The van der Waals surface area contributed by atoms with Crippen LogP contribution in [0.15, 0.2) is 91.3 Å². The number of benzene rings is 3. The molecule has 12 nitrogen and oxygen atoms in total. The predicted octanol–water partition coefficient (Wildman–Crippen LogP) is 7.81. The number of aromatic nitrogens is 4. The van der Waals surface area contributed by atoms with E-state index in [0.717, 1.165) is 103 Å². The summed E-state index contributed by atoms with van der Waals surface area (Å²) in [5, 5.41) is 0. The molecule has 5 aromatic rings. The molecule has 8 rings (SSSR count). The molecule has 2 aromatic heterocycles. The molecule has 2 saturated heterocycles. The van der Waals surface area contributed by atoms with Gasteiger partial charge in [-0.05, 0) is 85.9 Å². The highest BCUT2D eigenvalue weighted by atomic mass is 16.6. The molecular weight excluding hydrogens is 717 g/mol. The van der Waals surface area contributed by atoms with Gasteiger partial charge in [-0.1, -0.05) is 92.7 Å². The minimum Gasteiger partial charge on any atom is -0.446 e. The molecule has 0 spiro atoms. The van der Waals surface area contributed by atoms with E-state index in [4.69, 9.17) is 20.4 Å². The third-order valence-corrected chi connectivity index (χ3v) is 12.2. The number of nitrogens with one attached hydrogen (secondary N) is 2. The number of nitrogens with zero attached hydrogens (tertiary/aromatic N) is 5. The number of primary amides is 1. The minimum atomic E-state index is -0.828. The average Bonchev–Trinajstić information content (AvgIpc) is 4.09. The van der Waals surface area contributed by atoms with Crippen LogP contribution < -0.4 is 5.73 Å². The summed E-state index contributed by atoms with van der Waals surface area (Å²) in [6.07, 6.45) is 8.15. The maximum atomic E-state index is 14.2. The number of carbonyl (C=O) groups excluding carboxylic acids is 3. The van der Waals surface area contributed by atoms with Gasteiger partial charge in [0, 0.05) is 13.1 Å². The van der Waals surface area contributed by atoms with Crippen molar-refractivity contribution in [2.24, 2.45) is 11.7 Å². The van der Waals surface area contributed by atoms with Gasteiger partial charge in [-0.2, -0.15) is 0 Å². The molecule has 5 atom stereocenters. The fourth-order valence-electron chi connectivity index (χ4n) is 9.22. The van der Waals surface area contributed by atoms with Crippen molar-refractivity contribution in [3.05, 3.63) is 108 Å². The molecule has 2 aliphatic heterocycles. The van der Waals surface area contributed by atoms with E-state index in [-0.39, 0.29) is 35.9 Å². The Hall–Kier alpha value is -5.75. The number of rotatable bonds is 12. The Kier molecular flexibility index (Phi) is 11.2. The van der Waals surface area contributed by atoms with Gasteiger partial charge in [0.1, 0.15) is 23.8 Å². The van der Waals surface area contributed by atoms with Gasteiger partial charge in [-0.3, -0.25) is 14.5 Å². The molecular formula is C45H52N8O4. The van der Waals surface area contributed by atoms with Crippen LogP contribution in [-0.2, 0) is 14.3 Å². The Morgan fingerprint density at radius 2 is 1.25 bits per heavy atom. The van der Waals surface area contributed by atoms with E-state index in [1.165, 1.54) is 0 Å². The van der Waals surface area contributed by atoms with Gasteiger partial charge in [-0.15, -0.1) is 0 Å². The minimum absolute atomic E-state index is 0.0121. The fraction of sp³-hybridized carbons (Fsp3) is 0.400. The van der Waals surface area contributed by atoms with Gasteiger partial charge < -0.3 is 30.2 Å². The van der Waals surface area contributed by atoms with Gasteiger partial charge in [0.2, 0.25) is 11.8 Å². The van der Waals surface area contributed by atoms with Crippen molar-refractivity contribution in [1.29, 1.82) is 0 Å². The summed E-state index contributed by atoms with van der Waals surface area (Å²) in [5.74, 6) is 1.38. The molecule has 4 N–H and O–H groups in total. The van der Waals surface area contributed by atoms with Crippen LogP contribution in [0.4, 0.5) is 4.79 Å². The van der Waals surface area contributed by atoms with Gasteiger partial charge >= 0.3 is 6.09 Å². The predicted molar refractivity (Wildman–Crippen MR) is 218 cm³/mol. The first-order valence-corrected chi connectivity index (χ1v) is 20.5. The number of carbonyl (C=O) groups is 3. The zero-order valence-electron chi connectivity index (χ0n) is 32.8. The van der Waals surface area contributed by atoms with E-state index in [2.05, 4.69) is 89.4 Å². The van der Waals surface area contributed by atoms with Gasteiger partial charge in [0.05, 0.1) is 41.8 Å². The number of hydrogen-bond donors (Lipinski definition) is 3. The van der Waals surface area contributed by atoms with Crippen molar-refractivity contribution in [3.8, 4) is 33.6 Å². The van der Waals surface area contributed by atoms with Crippen molar-refractivity contribution in [1.82, 2.24) is 34.6 Å². The average molecular weight is 769 g/mol. The monoisotopic (exact) mass is 768 g/mol. The van der Waals surface area contributed by atoms with Gasteiger partial charge in [0.15, 0.2) is 0 Å². The Labute approximate surface area is 333 Å². The molecule has 3 fully saturated rings. The van der Waals surface area contributed by atoms with Crippen molar-refractivity contribution in [2.45, 2.75) is 83.0 Å². The summed E-state index contributed by atoms with van der Waals surface area (Å²) >= 11 is 0. The number of ether oxygens (including phenoxy) is 1. The molecule has 3 amide bonds. The third kappa shape index (κ3) is 7.83. The number of imidazole rings is 2. The van der Waals surface area contributed by atoms with Crippen LogP contribution in [-0.4, -0.2) is 84.8 Å². The van der Waals surface area contributed by atoms with E-state index < -0.39 is 12.2 Å². The standard InChI is InChI=1S/C45H52N8O4/c1-3-51(4-2)40(33-11-6-5-7-12-33)44(55)53-26-10-15-38(53)42-48-28-36(50-42)32-23-19-30(20-24-32)29-17-21-31(22-18-29)35-27-47-41(49-35)37-14-9-25-52(37)43(54)34-13-8-16-39(34)57-45(46)56/h5-7,11-12,17-24,27-28,34,37-40H,3-4,8-10,13-16,25-26H2,1-2H3,(H2,46,56)(H,47,49)(H,48,50)/t34-,37+,38+,39-,40-/m1/s1. The van der Waals surface area contributed by atoms with E-state index in [1.54, 1.807) is 0 Å². The second kappa shape index (κ2) is 16.8. The Morgan fingerprint density at radius 3 is 1.79 bits per heavy atom. The zero-order valence-corrected chi connectivity index (χ0v) is 32.8. The van der Waals surface area contributed by atoms with Crippen LogP contribution >= 0.6 is 0 Å². The zero-order chi connectivity index (χ0) is 39.5. The maximum Gasteiger partial charge on any atom is 0.404 e. The largest absolute Gasteiger partial charge is 0.446 e. The van der Waals surface area contributed by atoms with Crippen LogP contribution in [0.2, 0.25) is 0 Å². The lowest BCUT2D eigenvalue weighted by atomic mass is 10.0. The number of H-pyrrole nitrogens is 2. The highest BCUT2D eigenvalue weighted by Gasteiger charge is 2.42. The van der Waals surface area contributed by atoms with Crippen molar-refractivity contribution in [3.63, 3.8) is 0 Å². The lowest BCUT2D eigenvalue weighted by molar-refractivity contribution is -0.139. The topological polar surface area (TPSA) is 154 Å². The molecule has 3 aliphatic rings. The number of likely N-dealkylation sites (N-methyl/N-ethyl adjacent to an activating group) is 1. The summed E-state index contributed by atoms with van der Waals surface area (Å²) in [7, 11) is 0. The smallest absolute Gasteiger partial charge is 0.404 e. The number of hydrogen-bond acceptors (Lipinski definition) is 7. The first kappa shape index (κ1) is 38.1. The molecule has 0 unspecified atom stereocenters. The second-order valence-electron chi connectivity index (χ2n) is 15.4. The Morgan fingerprint density at radius 1 is 0.719 bits per heavy atom. The van der Waals surface area contributed by atoms with Gasteiger partial charge in [-0.25, -0.2) is 14.8 Å². The van der Waals surface area contributed by atoms with Crippen LogP contribution in [0.3, 0.4) is 0 Å². The fourth-order valence-corrected chi connectivity index (χ4v) is 9.22. The van der Waals surface area contributed by atoms with Crippen molar-refractivity contribution >= 4 is 17.9 Å². The summed E-state index contributed by atoms with van der Waals surface area (Å²) in [5.41, 5.74) is 12.3. The number of likely N-dealkylation sites (tertiary alicyclic amines) is 2. The molecule has 296 valence electrons. The first-order valence-electron chi connectivity index (χ1n) is 20.5. The molecule has 0 radical (unpaired) electrons. The lowest BCUT2D eigenvalue weighted by Gasteiger charge is -2.34. The quantitative estimate of drug-likeness (QED) is 0.117. The van der Waals surface area contributed by atoms with Crippen LogP contribution in [0, 0.1) is 5.92 Å². The van der Waals surface area contributed by atoms with Crippen LogP contribution in [0.25, 0.3) is 33.6 Å². The molecule has 1 saturated carbocycles. The Balaban J connectivity index is 0.922. The second-order valence-corrected chi connectivity index (χ2v) is 15.4. The third-order valence-electron chi connectivity index (χ3n) is 12.2. The van der Waals surface area contributed by atoms with Crippen LogP contribution in [0.5, 0.6) is 0 Å². The molecule has 12 heteroatoms. The van der Waals surface area contributed by atoms with Gasteiger partial charge in [0.25, 0.3) is 0 Å². The summed E-state index contributed by atoms with van der Waals surface area (Å²) in [6.45, 7) is 7.18. The number of nitrogens with two attached hydrogens (primary N) is 1. The first-order chi connectivity index (χ1) is 27.8. The lowest BCUT2D eigenvalue weighted by Crippen LogP contribution is -2.43. The van der Waals surface area contributed by atoms with E-state index in [0.29, 0.717) is 19.4 Å². The Bertz CT molecular complexity index is 2160. The molecule has 57 heavy (non-hydrogen) atoms. The van der Waals surface area contributed by atoms with E-state index in [9.17, 15) is 14.4 Å². The number of aromatic amines is 2. The normalized spacial score (nSPS) is 21.3. The molecule has 0 bridgehead atoms. The van der Waals surface area contributed by atoms with Crippen LogP contribution in [0.1, 0.15) is 94.1 Å². The SMILES string of the molecule is CCN(CC)[C@@H](C(=O)N1CCC[C@H]1c1ncc(-c2ccc(-c3ccc(-c4cnc([C@@H]5CCCN5C(=O)[C@@H]5CCC[C@H]5OC(N)=O)[nH]4)cc3)cc2)[nH]1)c1ccccc1. The summed E-state index contributed by atoms with van der Waals surface area (Å²) in [4.78, 5) is 61.9. The number of amides is 3. The highest BCUT2D eigenvalue weighted by Crippen LogP contribution is 2.38. The highest BCUT2D eigenvalue weighted by molar-refractivity contribution is 5.84. The van der Waals surface area contributed by atoms with E-state index in [1.807, 2.05) is 40.4 Å². The van der Waals surface area contributed by atoms with Crippen molar-refractivity contribution < 1.29 is 19.1 Å². The molecule has 1 aliphatic carbocycles. The van der Waals surface area contributed by atoms with E-state index >= 15 is 0 Å². The van der Waals surface area contributed by atoms with Crippen molar-refractivity contribution in [2.75, 3.05) is 26.2 Å². The molecule has 4 heterocycles. The molecule has 3 aromatic carbocycles. The maximum absolute atomic E-state index is 14.2. The summed E-state index contributed by atoms with van der Waals surface area (Å²) in [6, 6.07) is 26.4.